The summed E-state index contributed by atoms with van der Waals surface area (Å²) in [4.78, 5) is 8.56. The van der Waals surface area contributed by atoms with E-state index in [2.05, 4.69) is 32.6 Å². The number of aromatic nitrogens is 3. The van der Waals surface area contributed by atoms with Crippen LogP contribution >= 0.6 is 46.0 Å². The van der Waals surface area contributed by atoms with Crippen LogP contribution in [0.15, 0.2) is 40.4 Å². The molecule has 0 radical (unpaired) electrons. The fourth-order valence-corrected chi connectivity index (χ4v) is 5.77. The third-order valence-electron chi connectivity index (χ3n) is 3.33. The van der Waals surface area contributed by atoms with Crippen molar-refractivity contribution >= 4 is 67.0 Å². The molecule has 0 amide bonds. The molecule has 0 saturated heterocycles. The quantitative estimate of drug-likeness (QED) is 0.246. The number of hydrogen-bond donors (Lipinski definition) is 0. The van der Waals surface area contributed by atoms with E-state index in [1.165, 1.54) is 15.7 Å². The molecule has 0 aliphatic heterocycles. The Hall–Kier alpha value is -0.840. The van der Waals surface area contributed by atoms with Crippen molar-refractivity contribution in [3.8, 4) is 0 Å². The van der Waals surface area contributed by atoms with Gasteiger partial charge < -0.3 is 0 Å². The molecule has 0 bridgehead atoms. The number of rotatable bonds is 3. The highest BCUT2D eigenvalue weighted by Gasteiger charge is 2.25. The van der Waals surface area contributed by atoms with Crippen LogP contribution in [0.25, 0.3) is 11.0 Å². The van der Waals surface area contributed by atoms with Gasteiger partial charge in [0.1, 0.15) is 5.03 Å². The summed E-state index contributed by atoms with van der Waals surface area (Å²) in [7, 11) is -3.76. The summed E-state index contributed by atoms with van der Waals surface area (Å²) in [5, 5.41) is 1.38. The monoisotopic (exact) mass is 479 g/mol. The topological polar surface area (TPSA) is 64.8 Å². The van der Waals surface area contributed by atoms with E-state index in [-0.39, 0.29) is 10.2 Å². The highest BCUT2D eigenvalue weighted by atomic mass is 127. The number of benzene rings is 1. The van der Waals surface area contributed by atoms with Crippen LogP contribution in [-0.2, 0) is 10.0 Å². The van der Waals surface area contributed by atoms with Gasteiger partial charge in [-0.25, -0.2) is 17.4 Å². The summed E-state index contributed by atoms with van der Waals surface area (Å²) < 4.78 is 28.0. The molecule has 0 fully saturated rings. The zero-order valence-electron chi connectivity index (χ0n) is 12.1. The van der Waals surface area contributed by atoms with Crippen molar-refractivity contribution in [1.29, 1.82) is 0 Å². The Morgan fingerprint density at radius 2 is 1.96 bits per heavy atom. The second kappa shape index (κ2) is 6.23. The van der Waals surface area contributed by atoms with E-state index in [0.717, 1.165) is 3.57 Å². The lowest BCUT2D eigenvalue weighted by Crippen LogP contribution is -2.14. The second-order valence-corrected chi connectivity index (χ2v) is 8.82. The smallest absolute Gasteiger partial charge is 0.223 e. The Labute approximate surface area is 156 Å². The lowest BCUT2D eigenvalue weighted by atomic mass is 10.2. The molecule has 0 aliphatic carbocycles. The predicted octanol–water partition coefficient (Wildman–Crippen LogP) is 3.96. The van der Waals surface area contributed by atoms with E-state index >= 15 is 0 Å². The Balaban J connectivity index is 2.38. The summed E-state index contributed by atoms with van der Waals surface area (Å²) in [5.74, 6) is 0. The van der Waals surface area contributed by atoms with Crippen molar-refractivity contribution in [2.75, 3.05) is 6.26 Å². The molecule has 0 aliphatic rings. The summed E-state index contributed by atoms with van der Waals surface area (Å²) in [5.41, 5.74) is 0.969. The standard InChI is InChI=1S/C14H11ClIN3O2S2/c1-8-5-3-4-6-10(8)23(20,21)19-7-9(16)11-12(19)17-14(15)18-13(11)22-2/h3-7H,1-2H3. The first kappa shape index (κ1) is 17.0. The van der Waals surface area contributed by atoms with Crippen LogP contribution in [0, 0.1) is 10.5 Å². The van der Waals surface area contributed by atoms with Gasteiger partial charge in [0.15, 0.2) is 5.65 Å². The van der Waals surface area contributed by atoms with E-state index in [9.17, 15) is 8.42 Å². The third kappa shape index (κ3) is 2.86. The normalized spacial score (nSPS) is 12.0. The first-order valence-electron chi connectivity index (χ1n) is 6.45. The van der Waals surface area contributed by atoms with Gasteiger partial charge >= 0.3 is 0 Å². The molecule has 0 saturated carbocycles. The van der Waals surface area contributed by atoms with Crippen molar-refractivity contribution in [2.45, 2.75) is 16.8 Å². The molecule has 0 N–H and O–H groups in total. The van der Waals surface area contributed by atoms with Gasteiger partial charge in [-0.1, -0.05) is 18.2 Å². The SMILES string of the molecule is CSc1nc(Cl)nc2c1c(I)cn2S(=O)(=O)c1ccccc1C. The molecule has 0 spiro atoms. The zero-order chi connectivity index (χ0) is 16.8. The van der Waals surface area contributed by atoms with Gasteiger partial charge in [-0.2, -0.15) is 4.98 Å². The summed E-state index contributed by atoms with van der Waals surface area (Å²) >= 11 is 9.45. The fourth-order valence-electron chi connectivity index (χ4n) is 2.28. The van der Waals surface area contributed by atoms with Crippen LogP contribution < -0.4 is 0 Å². The van der Waals surface area contributed by atoms with Crippen molar-refractivity contribution in [2.24, 2.45) is 0 Å². The van der Waals surface area contributed by atoms with Gasteiger partial charge in [-0.15, -0.1) is 11.8 Å². The highest BCUT2D eigenvalue weighted by molar-refractivity contribution is 14.1. The Bertz CT molecular complexity index is 1020. The van der Waals surface area contributed by atoms with E-state index in [4.69, 9.17) is 11.6 Å². The van der Waals surface area contributed by atoms with Crippen molar-refractivity contribution < 1.29 is 8.42 Å². The van der Waals surface area contributed by atoms with Gasteiger partial charge in [-0.05, 0) is 59.0 Å². The number of halogens is 2. The third-order valence-corrected chi connectivity index (χ3v) is 6.81. The average Bonchev–Trinajstić information content (AvgIpc) is 2.84. The molecule has 2 heterocycles. The average molecular weight is 480 g/mol. The van der Waals surface area contributed by atoms with E-state index in [1.807, 2.05) is 6.26 Å². The van der Waals surface area contributed by atoms with E-state index < -0.39 is 10.0 Å². The number of aryl methyl sites for hydroxylation is 1. The molecule has 3 aromatic rings. The molecule has 9 heteroatoms. The maximum atomic E-state index is 13.0. The Kier molecular flexibility index (Phi) is 4.60. The molecule has 5 nitrogen and oxygen atoms in total. The van der Waals surface area contributed by atoms with Crippen LogP contribution in [-0.4, -0.2) is 28.6 Å². The minimum absolute atomic E-state index is 0.0255. The molecular weight excluding hydrogens is 469 g/mol. The van der Waals surface area contributed by atoms with Crippen molar-refractivity contribution in [3.63, 3.8) is 0 Å². The van der Waals surface area contributed by atoms with Crippen LogP contribution in [0.1, 0.15) is 5.56 Å². The van der Waals surface area contributed by atoms with Gasteiger partial charge in [0.2, 0.25) is 5.28 Å². The maximum absolute atomic E-state index is 13.0. The van der Waals surface area contributed by atoms with Crippen LogP contribution in [0.4, 0.5) is 0 Å². The summed E-state index contributed by atoms with van der Waals surface area (Å²) in [6.45, 7) is 1.76. The highest BCUT2D eigenvalue weighted by Crippen LogP contribution is 2.32. The Morgan fingerprint density at radius 3 is 2.61 bits per heavy atom. The van der Waals surface area contributed by atoms with Gasteiger partial charge in [-0.3, -0.25) is 0 Å². The number of hydrogen-bond acceptors (Lipinski definition) is 5. The molecule has 3 rings (SSSR count). The second-order valence-electron chi connectivity index (χ2n) is 4.74. The van der Waals surface area contributed by atoms with Gasteiger partial charge in [0.25, 0.3) is 10.0 Å². The van der Waals surface area contributed by atoms with E-state index in [0.29, 0.717) is 21.6 Å². The van der Waals surface area contributed by atoms with Crippen molar-refractivity contribution in [3.05, 3.63) is 44.9 Å². The first-order valence-corrected chi connectivity index (χ1v) is 10.6. The lowest BCUT2D eigenvalue weighted by Gasteiger charge is -2.09. The summed E-state index contributed by atoms with van der Waals surface area (Å²) in [6.07, 6.45) is 3.42. The summed E-state index contributed by atoms with van der Waals surface area (Å²) in [6, 6.07) is 6.85. The Morgan fingerprint density at radius 1 is 1.26 bits per heavy atom. The molecule has 2 aromatic heterocycles. The predicted molar refractivity (Wildman–Crippen MR) is 101 cm³/mol. The van der Waals surface area contributed by atoms with Crippen LogP contribution in [0.3, 0.4) is 0 Å². The fraction of sp³-hybridized carbons (Fsp3) is 0.143. The first-order chi connectivity index (χ1) is 10.9. The number of thioether (sulfide) groups is 1. The molecule has 120 valence electrons. The molecule has 0 atom stereocenters. The minimum atomic E-state index is -3.76. The maximum Gasteiger partial charge on any atom is 0.269 e. The lowest BCUT2D eigenvalue weighted by molar-refractivity contribution is 0.588. The van der Waals surface area contributed by atoms with Crippen LogP contribution in [0.2, 0.25) is 5.28 Å². The van der Waals surface area contributed by atoms with Gasteiger partial charge in [0, 0.05) is 9.77 Å². The number of nitrogens with zero attached hydrogens (tertiary/aromatic N) is 3. The molecule has 0 unspecified atom stereocenters. The molecule has 23 heavy (non-hydrogen) atoms. The molecule has 1 aromatic carbocycles. The minimum Gasteiger partial charge on any atom is -0.223 e. The van der Waals surface area contributed by atoms with Gasteiger partial charge in [0.05, 0.1) is 10.3 Å². The van der Waals surface area contributed by atoms with E-state index in [1.54, 1.807) is 37.4 Å². The number of fused-ring (bicyclic) bond motifs is 1. The largest absolute Gasteiger partial charge is 0.269 e. The van der Waals surface area contributed by atoms with Crippen molar-refractivity contribution in [1.82, 2.24) is 13.9 Å². The molecular formula is C14H11ClIN3O2S2. The zero-order valence-corrected chi connectivity index (χ0v) is 16.7. The van der Waals surface area contributed by atoms with Crippen LogP contribution in [0.5, 0.6) is 0 Å².